The van der Waals surface area contributed by atoms with Crippen LogP contribution < -0.4 is 21.3 Å². The maximum absolute atomic E-state index is 6.23. The maximum atomic E-state index is 6.23. The molecule has 0 aliphatic heterocycles. The molecule has 0 amide bonds. The van der Waals surface area contributed by atoms with Gasteiger partial charge in [0.25, 0.3) is 0 Å². The Morgan fingerprint density at radius 3 is 2.64 bits per heavy atom. The van der Waals surface area contributed by atoms with Crippen LogP contribution in [0.25, 0.3) is 62.5 Å². The number of hydrogen-bond donors (Lipinski definition) is 0. The minimum absolute atomic E-state index is 0.743. The normalized spacial score (nSPS) is 13.0. The van der Waals surface area contributed by atoms with E-state index in [1.165, 1.54) is 0 Å². The molecule has 168 valence electrons. The molecule has 3 heterocycles. The van der Waals surface area contributed by atoms with Gasteiger partial charge < -0.3 is 4.42 Å². The van der Waals surface area contributed by atoms with Crippen molar-refractivity contribution in [1.29, 1.82) is 0 Å². The summed E-state index contributed by atoms with van der Waals surface area (Å²) in [7, 11) is 0. The quantitative estimate of drug-likeness (QED) is 0.362. The molecule has 6 aromatic rings. The van der Waals surface area contributed by atoms with Crippen LogP contribution in [0.3, 0.4) is 0 Å². The molecule has 3 nitrogen and oxygen atoms in total. The molecule has 0 saturated heterocycles. The third kappa shape index (κ3) is 2.85. The van der Waals surface area contributed by atoms with Gasteiger partial charge in [-0.3, -0.25) is 9.38 Å². The average molecular weight is 461 g/mol. The van der Waals surface area contributed by atoms with Gasteiger partial charge in [-0.25, -0.2) is 0 Å². The van der Waals surface area contributed by atoms with Crippen molar-refractivity contribution in [2.45, 2.75) is 0 Å². The van der Waals surface area contributed by atoms with Crippen LogP contribution in [-0.2, 0) is 0 Å². The molecule has 0 unspecified atom stereocenters. The van der Waals surface area contributed by atoms with Crippen LogP contribution in [0, 0.1) is 0 Å². The number of furan rings is 1. The van der Waals surface area contributed by atoms with Crippen LogP contribution in [0.4, 0.5) is 0 Å². The highest BCUT2D eigenvalue weighted by Crippen LogP contribution is 2.35. The first kappa shape index (κ1) is 20.3. The van der Waals surface area contributed by atoms with E-state index in [9.17, 15) is 0 Å². The Morgan fingerprint density at radius 1 is 0.944 bits per heavy atom. The minimum Gasteiger partial charge on any atom is -0.455 e. The van der Waals surface area contributed by atoms with Crippen LogP contribution in [0.5, 0.6) is 0 Å². The molecule has 0 radical (unpaired) electrons. The molecule has 0 N–H and O–H groups in total. The third-order valence-corrected chi connectivity index (χ3v) is 6.83. The van der Waals surface area contributed by atoms with E-state index in [-0.39, 0.29) is 0 Å². The first-order valence-electron chi connectivity index (χ1n) is 11.8. The molecule has 0 bridgehead atoms. The molecular weight excluding hydrogens is 440 g/mol. The first-order chi connectivity index (χ1) is 17.7. The second-order valence-corrected chi connectivity index (χ2v) is 8.81. The summed E-state index contributed by atoms with van der Waals surface area (Å²) in [5.41, 5.74) is 14.2. The largest absolute Gasteiger partial charge is 0.455 e. The van der Waals surface area contributed by atoms with E-state index >= 15 is 0 Å². The van der Waals surface area contributed by atoms with Gasteiger partial charge in [-0.1, -0.05) is 79.6 Å². The Labute approximate surface area is 206 Å². The number of allylic oxidation sites excluding steroid dienone is 2. The molecule has 1 aliphatic carbocycles. The monoisotopic (exact) mass is 460 g/mol. The van der Waals surface area contributed by atoms with E-state index in [1.807, 2.05) is 48.7 Å². The van der Waals surface area contributed by atoms with Crippen molar-refractivity contribution in [3.63, 3.8) is 0 Å². The molecule has 3 heteroatoms. The summed E-state index contributed by atoms with van der Waals surface area (Å²) in [5.74, 6) is 0. The maximum Gasteiger partial charge on any atom is 0.142 e. The number of hydrogen-bond acceptors (Lipinski definition) is 2. The van der Waals surface area contributed by atoms with E-state index in [2.05, 4.69) is 77.6 Å². The fourth-order valence-electron chi connectivity index (χ4n) is 5.21. The van der Waals surface area contributed by atoms with Crippen molar-refractivity contribution in [2.75, 3.05) is 0 Å². The SMILES string of the molecule is C=C/C(c1cccc(-c2c3ccccc3n3c4c(ncc23)=CC=C=C=4)c1)=c1/oc2ccccc2c1=C. The number of para-hydroxylation sites is 2. The molecule has 3 aromatic heterocycles. The Hall–Kier alpha value is -5.07. The van der Waals surface area contributed by atoms with Gasteiger partial charge in [0.2, 0.25) is 0 Å². The highest BCUT2D eigenvalue weighted by molar-refractivity contribution is 6.05. The highest BCUT2D eigenvalue weighted by atomic mass is 16.3. The summed E-state index contributed by atoms with van der Waals surface area (Å²) in [6.45, 7) is 8.41. The first-order valence-corrected chi connectivity index (χ1v) is 11.8. The lowest BCUT2D eigenvalue weighted by Crippen LogP contribution is -2.33. The van der Waals surface area contributed by atoms with E-state index in [0.717, 1.165) is 71.0 Å². The van der Waals surface area contributed by atoms with Crippen molar-refractivity contribution in [3.8, 4) is 11.1 Å². The van der Waals surface area contributed by atoms with E-state index < -0.39 is 0 Å². The number of nitrogens with zero attached hydrogens (tertiary/aromatic N) is 2. The predicted molar refractivity (Wildman–Crippen MR) is 147 cm³/mol. The van der Waals surface area contributed by atoms with Crippen molar-refractivity contribution in [1.82, 2.24) is 9.38 Å². The average Bonchev–Trinajstić information content (AvgIpc) is 3.45. The van der Waals surface area contributed by atoms with E-state index in [4.69, 9.17) is 9.40 Å². The van der Waals surface area contributed by atoms with Gasteiger partial charge in [0.15, 0.2) is 0 Å². The predicted octanol–water partition coefficient (Wildman–Crippen LogP) is 4.58. The van der Waals surface area contributed by atoms with Crippen LogP contribution in [-0.4, -0.2) is 9.38 Å². The summed E-state index contributed by atoms with van der Waals surface area (Å²) >= 11 is 0. The standard InChI is InChI=1S/C33H20N2O/c1-3-24(33-21(2)25-13-5-9-18-31(25)36-33)22-11-10-12-23(19-22)32-26-14-4-7-16-28(26)35-29-17-8-6-15-27(29)34-20-30(32)35/h3-7,9-16,18-20H,1-2H2/b33-24-. The zero-order valence-corrected chi connectivity index (χ0v) is 19.5. The zero-order chi connectivity index (χ0) is 24.2. The Kier molecular flexibility index (Phi) is 4.36. The van der Waals surface area contributed by atoms with E-state index in [1.54, 1.807) is 0 Å². The van der Waals surface area contributed by atoms with Gasteiger partial charge in [0.1, 0.15) is 16.3 Å². The van der Waals surface area contributed by atoms with Crippen LogP contribution in [0.1, 0.15) is 5.56 Å². The molecule has 0 fully saturated rings. The summed E-state index contributed by atoms with van der Waals surface area (Å²) in [6, 6.07) is 24.9. The van der Waals surface area contributed by atoms with Gasteiger partial charge in [-0.2, -0.15) is 0 Å². The Balaban J connectivity index is 1.56. The van der Waals surface area contributed by atoms with Gasteiger partial charge in [-0.05, 0) is 47.2 Å². The van der Waals surface area contributed by atoms with E-state index in [0.29, 0.717) is 0 Å². The fraction of sp³-hybridized carbons (Fsp3) is 0. The second-order valence-electron chi connectivity index (χ2n) is 8.81. The molecule has 0 spiro atoms. The molecular formula is C33H20N2O. The molecule has 0 saturated carbocycles. The second kappa shape index (κ2) is 7.73. The number of rotatable bonds is 3. The van der Waals surface area contributed by atoms with Crippen LogP contribution in [0.15, 0.2) is 108 Å². The molecule has 36 heavy (non-hydrogen) atoms. The van der Waals surface area contributed by atoms with Crippen molar-refractivity contribution >= 4 is 51.3 Å². The third-order valence-electron chi connectivity index (χ3n) is 6.83. The number of fused-ring (bicyclic) bond motifs is 6. The molecule has 3 aromatic carbocycles. The molecule has 0 atom stereocenters. The summed E-state index contributed by atoms with van der Waals surface area (Å²) in [5, 5.41) is 4.84. The highest BCUT2D eigenvalue weighted by Gasteiger charge is 2.16. The summed E-state index contributed by atoms with van der Waals surface area (Å²) < 4.78 is 8.46. The van der Waals surface area contributed by atoms with Crippen LogP contribution in [0.2, 0.25) is 0 Å². The smallest absolute Gasteiger partial charge is 0.142 e. The van der Waals surface area contributed by atoms with Gasteiger partial charge in [0.05, 0.1) is 22.6 Å². The molecule has 7 rings (SSSR count). The van der Waals surface area contributed by atoms with Gasteiger partial charge in [0, 0.05) is 27.1 Å². The van der Waals surface area contributed by atoms with Gasteiger partial charge in [-0.15, -0.1) is 0 Å². The summed E-state index contributed by atoms with van der Waals surface area (Å²) in [4.78, 5) is 4.73. The minimum atomic E-state index is 0.743. The lowest BCUT2D eigenvalue weighted by molar-refractivity contribution is 0.573. The van der Waals surface area contributed by atoms with Gasteiger partial charge >= 0.3 is 0 Å². The van der Waals surface area contributed by atoms with Crippen molar-refractivity contribution in [3.05, 3.63) is 130 Å². The fourth-order valence-corrected chi connectivity index (χ4v) is 5.21. The van der Waals surface area contributed by atoms with Crippen molar-refractivity contribution < 1.29 is 4.42 Å². The molecule has 1 aliphatic rings. The van der Waals surface area contributed by atoms with Crippen LogP contribution >= 0.6 is 0 Å². The van der Waals surface area contributed by atoms with Crippen molar-refractivity contribution in [2.24, 2.45) is 0 Å². The summed E-state index contributed by atoms with van der Waals surface area (Å²) in [6.07, 6.45) is 7.61. The number of benzene rings is 3. The lowest BCUT2D eigenvalue weighted by Gasteiger charge is -2.07. The number of aromatic nitrogens is 2. The topological polar surface area (TPSA) is 30.4 Å². The Bertz CT molecular complexity index is 2210. The lowest BCUT2D eigenvalue weighted by atomic mass is 9.97. The zero-order valence-electron chi connectivity index (χ0n) is 19.5. The Morgan fingerprint density at radius 2 is 1.78 bits per heavy atom.